The van der Waals surface area contributed by atoms with E-state index in [4.69, 9.17) is 10.5 Å². The van der Waals surface area contributed by atoms with E-state index < -0.39 is 38.0 Å². The third-order valence-corrected chi connectivity index (χ3v) is 5.11. The zero-order valence-corrected chi connectivity index (χ0v) is 14.0. The number of nitro groups is 1. The molecule has 132 valence electrons. The highest BCUT2D eigenvalue weighted by atomic mass is 32.2. The van der Waals surface area contributed by atoms with Gasteiger partial charge in [0.05, 0.1) is 17.7 Å². The summed E-state index contributed by atoms with van der Waals surface area (Å²) < 4.78 is 31.6. The second-order valence-electron chi connectivity index (χ2n) is 4.90. The van der Waals surface area contributed by atoms with Gasteiger partial charge in [-0.05, 0) is 30.3 Å². The van der Waals surface area contributed by atoms with Crippen molar-refractivity contribution in [2.75, 3.05) is 18.0 Å². The molecule has 0 aliphatic heterocycles. The first-order valence-electron chi connectivity index (χ1n) is 6.96. The van der Waals surface area contributed by atoms with Gasteiger partial charge < -0.3 is 10.5 Å². The van der Waals surface area contributed by atoms with E-state index >= 15 is 0 Å². The van der Waals surface area contributed by atoms with E-state index in [2.05, 4.69) is 0 Å². The molecule has 2 rings (SSSR count). The fourth-order valence-electron chi connectivity index (χ4n) is 2.15. The van der Waals surface area contributed by atoms with Crippen molar-refractivity contribution in [3.05, 3.63) is 58.6 Å². The Hall–Kier alpha value is -3.14. The van der Waals surface area contributed by atoms with Crippen LogP contribution in [0.1, 0.15) is 0 Å². The summed E-state index contributed by atoms with van der Waals surface area (Å²) in [6.07, 6.45) is 0. The highest BCUT2D eigenvalue weighted by Gasteiger charge is 2.32. The summed E-state index contributed by atoms with van der Waals surface area (Å²) in [4.78, 5) is 21.2. The number of hydrogen-bond donors (Lipinski definition) is 1. The van der Waals surface area contributed by atoms with E-state index in [9.17, 15) is 23.3 Å². The predicted octanol–water partition coefficient (Wildman–Crippen LogP) is 1.28. The Morgan fingerprint density at radius 1 is 1.20 bits per heavy atom. The minimum atomic E-state index is -4.39. The monoisotopic (exact) mass is 365 g/mol. The van der Waals surface area contributed by atoms with Crippen LogP contribution >= 0.6 is 0 Å². The lowest BCUT2D eigenvalue weighted by Crippen LogP contribution is -2.38. The number of nitro benzene ring substituents is 1. The summed E-state index contributed by atoms with van der Waals surface area (Å²) in [5.41, 5.74) is 4.69. The van der Waals surface area contributed by atoms with Crippen LogP contribution in [0.5, 0.6) is 5.75 Å². The van der Waals surface area contributed by atoms with Gasteiger partial charge in [-0.25, -0.2) is 8.42 Å². The first kappa shape index (κ1) is 18.2. The fourth-order valence-corrected chi connectivity index (χ4v) is 3.74. The van der Waals surface area contributed by atoms with E-state index in [0.29, 0.717) is 5.75 Å². The molecule has 10 heteroatoms. The van der Waals surface area contributed by atoms with Crippen LogP contribution in [0.2, 0.25) is 0 Å². The summed E-state index contributed by atoms with van der Waals surface area (Å²) in [5, 5.41) is 11.1. The normalized spacial score (nSPS) is 10.9. The highest BCUT2D eigenvalue weighted by molar-refractivity contribution is 7.93. The summed E-state index contributed by atoms with van der Waals surface area (Å²) in [7, 11) is -2.95. The standard InChI is InChI=1S/C15H15N3O6S/c1-24-12-8-6-11(7-9-12)17(10-15(16)19)25(22,23)14-5-3-2-4-13(14)18(20)21/h2-9H,10H2,1H3,(H2,16,19). The highest BCUT2D eigenvalue weighted by Crippen LogP contribution is 2.30. The number of sulfonamides is 1. The number of rotatable bonds is 7. The van der Waals surface area contributed by atoms with Crippen molar-refractivity contribution < 1.29 is 22.9 Å². The molecular weight excluding hydrogens is 350 g/mol. The molecule has 0 heterocycles. The Balaban J connectivity index is 2.60. The lowest BCUT2D eigenvalue weighted by molar-refractivity contribution is -0.387. The maximum atomic E-state index is 12.9. The predicted molar refractivity (Wildman–Crippen MR) is 89.8 cm³/mol. The van der Waals surface area contributed by atoms with Gasteiger partial charge in [0.15, 0.2) is 4.90 Å². The Morgan fingerprint density at radius 2 is 1.80 bits per heavy atom. The summed E-state index contributed by atoms with van der Waals surface area (Å²) in [5.74, 6) is -0.427. The third kappa shape index (κ3) is 3.86. The molecule has 0 atom stereocenters. The molecule has 0 unspecified atom stereocenters. The molecule has 0 saturated heterocycles. The first-order valence-corrected chi connectivity index (χ1v) is 8.40. The van der Waals surface area contributed by atoms with Crippen molar-refractivity contribution >= 4 is 27.3 Å². The maximum absolute atomic E-state index is 12.9. The molecule has 0 spiro atoms. The third-order valence-electron chi connectivity index (χ3n) is 3.29. The molecule has 1 amide bonds. The van der Waals surface area contributed by atoms with E-state index in [1.807, 2.05) is 0 Å². The van der Waals surface area contributed by atoms with Crippen LogP contribution in [0, 0.1) is 10.1 Å². The van der Waals surface area contributed by atoms with Gasteiger partial charge in [0.25, 0.3) is 15.7 Å². The van der Waals surface area contributed by atoms with E-state index in [0.717, 1.165) is 16.4 Å². The number of para-hydroxylation sites is 1. The number of nitrogens with two attached hydrogens (primary N) is 1. The number of nitrogens with zero attached hydrogens (tertiary/aromatic N) is 2. The molecule has 25 heavy (non-hydrogen) atoms. The number of carbonyl (C=O) groups is 1. The topological polar surface area (TPSA) is 133 Å². The van der Waals surface area contributed by atoms with Crippen molar-refractivity contribution in [2.45, 2.75) is 4.90 Å². The van der Waals surface area contributed by atoms with Crippen LogP contribution < -0.4 is 14.8 Å². The first-order chi connectivity index (χ1) is 11.8. The van der Waals surface area contributed by atoms with E-state index in [1.165, 1.54) is 43.5 Å². The van der Waals surface area contributed by atoms with Crippen molar-refractivity contribution in [3.63, 3.8) is 0 Å². The molecule has 0 fully saturated rings. The molecule has 0 aromatic heterocycles. The van der Waals surface area contributed by atoms with Crippen molar-refractivity contribution in [2.24, 2.45) is 5.73 Å². The molecule has 9 nitrogen and oxygen atoms in total. The summed E-state index contributed by atoms with van der Waals surface area (Å²) in [6, 6.07) is 10.7. The van der Waals surface area contributed by atoms with Crippen LogP contribution in [0.15, 0.2) is 53.4 Å². The Bertz CT molecular complexity index is 896. The number of benzene rings is 2. The summed E-state index contributed by atoms with van der Waals surface area (Å²) >= 11 is 0. The van der Waals surface area contributed by atoms with Gasteiger partial charge >= 0.3 is 0 Å². The second-order valence-corrected chi connectivity index (χ2v) is 6.73. The van der Waals surface area contributed by atoms with Gasteiger partial charge in [-0.15, -0.1) is 0 Å². The molecule has 0 aliphatic rings. The molecule has 2 aromatic rings. The zero-order chi connectivity index (χ0) is 18.6. The number of anilines is 1. The number of ether oxygens (including phenoxy) is 1. The molecule has 0 radical (unpaired) electrons. The minimum Gasteiger partial charge on any atom is -0.497 e. The smallest absolute Gasteiger partial charge is 0.289 e. The van der Waals surface area contributed by atoms with Crippen LogP contribution in [-0.4, -0.2) is 32.9 Å². The van der Waals surface area contributed by atoms with Crippen LogP contribution in [0.25, 0.3) is 0 Å². The van der Waals surface area contributed by atoms with Crippen LogP contribution in [0.3, 0.4) is 0 Å². The number of hydrogen-bond acceptors (Lipinski definition) is 6. The Labute approximate surface area is 143 Å². The number of primary amides is 1. The van der Waals surface area contributed by atoms with Crippen LogP contribution in [-0.2, 0) is 14.8 Å². The van der Waals surface area contributed by atoms with Gasteiger partial charge in [0, 0.05) is 6.07 Å². The average Bonchev–Trinajstić information content (AvgIpc) is 2.59. The van der Waals surface area contributed by atoms with Crippen molar-refractivity contribution in [1.82, 2.24) is 0 Å². The Kier molecular flexibility index (Phi) is 5.22. The zero-order valence-electron chi connectivity index (χ0n) is 13.2. The number of amides is 1. The van der Waals surface area contributed by atoms with Crippen molar-refractivity contribution in [1.29, 1.82) is 0 Å². The van der Waals surface area contributed by atoms with Gasteiger partial charge in [-0.1, -0.05) is 12.1 Å². The second kappa shape index (κ2) is 7.18. The lowest BCUT2D eigenvalue weighted by atomic mass is 10.3. The SMILES string of the molecule is COc1ccc(N(CC(N)=O)S(=O)(=O)c2ccccc2[N+](=O)[O-])cc1. The molecule has 2 N–H and O–H groups in total. The average molecular weight is 365 g/mol. The fraction of sp³-hybridized carbons (Fsp3) is 0.133. The molecule has 0 bridgehead atoms. The van der Waals surface area contributed by atoms with Gasteiger partial charge in [-0.2, -0.15) is 0 Å². The number of carbonyl (C=O) groups excluding carboxylic acids is 1. The maximum Gasteiger partial charge on any atom is 0.289 e. The van der Waals surface area contributed by atoms with Crippen molar-refractivity contribution in [3.8, 4) is 5.75 Å². The van der Waals surface area contributed by atoms with Gasteiger partial charge in [-0.3, -0.25) is 19.2 Å². The minimum absolute atomic E-state index is 0.123. The van der Waals surface area contributed by atoms with Gasteiger partial charge in [0.2, 0.25) is 5.91 Å². The van der Waals surface area contributed by atoms with Gasteiger partial charge in [0.1, 0.15) is 12.3 Å². The largest absolute Gasteiger partial charge is 0.497 e. The van der Waals surface area contributed by atoms with E-state index in [1.54, 1.807) is 0 Å². The molecule has 0 aliphatic carbocycles. The molecular formula is C15H15N3O6S. The Morgan fingerprint density at radius 3 is 2.32 bits per heavy atom. The lowest BCUT2D eigenvalue weighted by Gasteiger charge is -2.23. The quantitative estimate of drug-likeness (QED) is 0.580. The molecule has 2 aromatic carbocycles. The van der Waals surface area contributed by atoms with Crippen LogP contribution in [0.4, 0.5) is 11.4 Å². The van der Waals surface area contributed by atoms with E-state index in [-0.39, 0.29) is 5.69 Å². The summed E-state index contributed by atoms with van der Waals surface area (Å²) in [6.45, 7) is -0.666. The number of methoxy groups -OCH3 is 1. The molecule has 0 saturated carbocycles.